The van der Waals surface area contributed by atoms with Gasteiger partial charge in [-0.2, -0.15) is 9.78 Å². The highest BCUT2D eigenvalue weighted by Gasteiger charge is 2.14. The number of carboxylic acid groups (broad SMARTS) is 1. The van der Waals surface area contributed by atoms with E-state index in [-0.39, 0.29) is 0 Å². The Morgan fingerprint density at radius 2 is 1.70 bits per heavy atom. The lowest BCUT2D eigenvalue weighted by Gasteiger charge is -2.06. The lowest BCUT2D eigenvalue weighted by molar-refractivity contribution is 0.192. The van der Waals surface area contributed by atoms with E-state index in [1.807, 2.05) is 42.5 Å². The van der Waals surface area contributed by atoms with E-state index in [0.29, 0.717) is 12.8 Å². The summed E-state index contributed by atoms with van der Waals surface area (Å²) in [6.07, 6.45) is 1.87. The molecule has 3 aromatic rings. The first-order valence-corrected chi connectivity index (χ1v) is 7.52. The van der Waals surface area contributed by atoms with Crippen LogP contribution in [0.1, 0.15) is 27.9 Å². The van der Waals surface area contributed by atoms with Gasteiger partial charge in [-0.05, 0) is 29.2 Å². The third-order valence-corrected chi connectivity index (χ3v) is 3.93. The third kappa shape index (κ3) is 3.48. The van der Waals surface area contributed by atoms with Crippen LogP contribution in [0.3, 0.4) is 0 Å². The van der Waals surface area contributed by atoms with Gasteiger partial charge in [-0.1, -0.05) is 54.6 Å². The van der Waals surface area contributed by atoms with Gasteiger partial charge in [0.25, 0.3) is 0 Å². The third-order valence-electron chi connectivity index (χ3n) is 3.93. The van der Waals surface area contributed by atoms with Crippen LogP contribution >= 0.6 is 0 Å². The monoisotopic (exact) mass is 306 g/mol. The van der Waals surface area contributed by atoms with Gasteiger partial charge in [0, 0.05) is 19.0 Å². The predicted molar refractivity (Wildman–Crippen MR) is 88.9 cm³/mol. The molecule has 0 aliphatic rings. The molecule has 4 heteroatoms. The van der Waals surface area contributed by atoms with Crippen LogP contribution in [0.2, 0.25) is 0 Å². The molecular formula is C19H18N2O2. The second-order valence-corrected chi connectivity index (χ2v) is 5.59. The minimum Gasteiger partial charge on any atom is -0.463 e. The largest absolute Gasteiger partial charge is 0.463 e. The quantitative estimate of drug-likeness (QED) is 0.795. The van der Waals surface area contributed by atoms with E-state index < -0.39 is 6.09 Å². The summed E-state index contributed by atoms with van der Waals surface area (Å²) >= 11 is 0. The molecule has 4 nitrogen and oxygen atoms in total. The zero-order valence-corrected chi connectivity index (χ0v) is 12.9. The van der Waals surface area contributed by atoms with Crippen molar-refractivity contribution in [1.29, 1.82) is 0 Å². The van der Waals surface area contributed by atoms with Gasteiger partial charge in [0.15, 0.2) is 0 Å². The Labute approximate surface area is 135 Å². The highest BCUT2D eigenvalue weighted by Crippen LogP contribution is 2.19. The summed E-state index contributed by atoms with van der Waals surface area (Å²) in [5.41, 5.74) is 5.26. The minimum atomic E-state index is -1.06. The van der Waals surface area contributed by atoms with Gasteiger partial charge < -0.3 is 5.11 Å². The maximum Gasteiger partial charge on any atom is 0.432 e. The SMILES string of the molecule is Cc1ccccc1Cc1cn(C(=O)O)nc1Cc1ccccc1. The van der Waals surface area contributed by atoms with E-state index in [2.05, 4.69) is 24.2 Å². The van der Waals surface area contributed by atoms with Crippen molar-refractivity contribution in [3.05, 3.63) is 88.7 Å². The smallest absolute Gasteiger partial charge is 0.432 e. The van der Waals surface area contributed by atoms with E-state index >= 15 is 0 Å². The van der Waals surface area contributed by atoms with Crippen molar-refractivity contribution >= 4 is 6.09 Å². The van der Waals surface area contributed by atoms with Crippen molar-refractivity contribution in [2.45, 2.75) is 19.8 Å². The molecule has 1 N–H and O–H groups in total. The molecule has 0 atom stereocenters. The van der Waals surface area contributed by atoms with Gasteiger partial charge in [-0.3, -0.25) is 0 Å². The topological polar surface area (TPSA) is 55.1 Å². The zero-order valence-electron chi connectivity index (χ0n) is 12.9. The van der Waals surface area contributed by atoms with Crippen molar-refractivity contribution in [3.8, 4) is 0 Å². The Morgan fingerprint density at radius 1 is 1.00 bits per heavy atom. The van der Waals surface area contributed by atoms with Crippen LogP contribution < -0.4 is 0 Å². The number of nitrogens with zero attached hydrogens (tertiary/aromatic N) is 2. The van der Waals surface area contributed by atoms with Gasteiger partial charge >= 0.3 is 6.09 Å². The number of benzene rings is 2. The predicted octanol–water partition coefficient (Wildman–Crippen LogP) is 3.90. The fourth-order valence-corrected chi connectivity index (χ4v) is 2.64. The minimum absolute atomic E-state index is 0.627. The van der Waals surface area contributed by atoms with E-state index in [0.717, 1.165) is 21.5 Å². The molecule has 0 saturated carbocycles. The molecule has 0 bridgehead atoms. The van der Waals surface area contributed by atoms with Gasteiger partial charge in [-0.15, -0.1) is 0 Å². The van der Waals surface area contributed by atoms with Crippen molar-refractivity contribution in [2.24, 2.45) is 0 Å². The van der Waals surface area contributed by atoms with E-state index in [9.17, 15) is 9.90 Å². The average molecular weight is 306 g/mol. The second kappa shape index (κ2) is 6.48. The molecule has 1 heterocycles. The number of carbonyl (C=O) groups is 1. The normalized spacial score (nSPS) is 10.7. The van der Waals surface area contributed by atoms with Crippen molar-refractivity contribution in [2.75, 3.05) is 0 Å². The molecule has 0 aliphatic heterocycles. The van der Waals surface area contributed by atoms with Crippen LogP contribution in [-0.4, -0.2) is 21.0 Å². The van der Waals surface area contributed by atoms with Gasteiger partial charge in [0.05, 0.1) is 5.69 Å². The Hall–Kier alpha value is -2.88. The Bertz CT molecular complexity index is 822. The number of hydrogen-bond acceptors (Lipinski definition) is 2. The molecule has 0 radical (unpaired) electrons. The fraction of sp³-hybridized carbons (Fsp3) is 0.158. The maximum atomic E-state index is 11.2. The molecule has 3 rings (SSSR count). The molecule has 0 aliphatic carbocycles. The molecule has 23 heavy (non-hydrogen) atoms. The molecule has 2 aromatic carbocycles. The summed E-state index contributed by atoms with van der Waals surface area (Å²) in [4.78, 5) is 11.2. The van der Waals surface area contributed by atoms with Gasteiger partial charge in [-0.25, -0.2) is 4.79 Å². The maximum absolute atomic E-state index is 11.2. The van der Waals surface area contributed by atoms with Crippen molar-refractivity contribution in [1.82, 2.24) is 9.78 Å². The van der Waals surface area contributed by atoms with Crippen LogP contribution in [0.5, 0.6) is 0 Å². The Kier molecular flexibility index (Phi) is 4.24. The van der Waals surface area contributed by atoms with Crippen LogP contribution in [0.4, 0.5) is 4.79 Å². The Morgan fingerprint density at radius 3 is 2.39 bits per heavy atom. The van der Waals surface area contributed by atoms with E-state index in [4.69, 9.17) is 0 Å². The zero-order chi connectivity index (χ0) is 16.2. The summed E-state index contributed by atoms with van der Waals surface area (Å²) in [6, 6.07) is 18.1. The van der Waals surface area contributed by atoms with Crippen molar-refractivity contribution in [3.63, 3.8) is 0 Å². The lowest BCUT2D eigenvalue weighted by atomic mass is 9.99. The first kappa shape index (κ1) is 15.0. The van der Waals surface area contributed by atoms with Crippen LogP contribution in [0, 0.1) is 6.92 Å². The standard InChI is InChI=1S/C19H18N2O2/c1-14-7-5-6-10-16(14)12-17-13-21(19(22)23)20-18(17)11-15-8-3-2-4-9-15/h2-10,13H,11-12H2,1H3,(H,22,23). The Balaban J connectivity index is 1.95. The first-order chi connectivity index (χ1) is 11.1. The number of aryl methyl sites for hydroxylation is 1. The average Bonchev–Trinajstić information content (AvgIpc) is 2.94. The number of hydrogen-bond donors (Lipinski definition) is 1. The van der Waals surface area contributed by atoms with Crippen LogP contribution in [0.15, 0.2) is 60.8 Å². The van der Waals surface area contributed by atoms with Crippen molar-refractivity contribution < 1.29 is 9.90 Å². The summed E-state index contributed by atoms with van der Waals surface area (Å²) in [5.74, 6) is 0. The lowest BCUT2D eigenvalue weighted by Crippen LogP contribution is -2.08. The molecule has 0 amide bonds. The molecule has 0 saturated heterocycles. The van der Waals surface area contributed by atoms with E-state index in [1.54, 1.807) is 6.20 Å². The first-order valence-electron chi connectivity index (χ1n) is 7.52. The summed E-state index contributed by atoms with van der Waals surface area (Å²) < 4.78 is 1.01. The van der Waals surface area contributed by atoms with E-state index in [1.165, 1.54) is 11.1 Å². The summed E-state index contributed by atoms with van der Waals surface area (Å²) in [6.45, 7) is 2.06. The van der Waals surface area contributed by atoms with Gasteiger partial charge in [0.2, 0.25) is 0 Å². The molecule has 0 spiro atoms. The molecule has 0 fully saturated rings. The number of aromatic nitrogens is 2. The van der Waals surface area contributed by atoms with Crippen LogP contribution in [0.25, 0.3) is 0 Å². The highest BCUT2D eigenvalue weighted by atomic mass is 16.4. The second-order valence-electron chi connectivity index (χ2n) is 5.59. The molecular weight excluding hydrogens is 288 g/mol. The molecule has 116 valence electrons. The molecule has 0 unspecified atom stereocenters. The van der Waals surface area contributed by atoms with Gasteiger partial charge in [0.1, 0.15) is 0 Å². The highest BCUT2D eigenvalue weighted by molar-refractivity contribution is 5.67. The van der Waals surface area contributed by atoms with Crippen LogP contribution in [-0.2, 0) is 12.8 Å². The summed E-state index contributed by atoms with van der Waals surface area (Å²) in [7, 11) is 0. The fourth-order valence-electron chi connectivity index (χ4n) is 2.64. The molecule has 1 aromatic heterocycles. The number of rotatable bonds is 4. The summed E-state index contributed by atoms with van der Waals surface area (Å²) in [5, 5.41) is 13.5.